The first-order chi connectivity index (χ1) is 14.1. The molecule has 160 valence electrons. The van der Waals surface area contributed by atoms with E-state index >= 15 is 0 Å². The zero-order valence-electron chi connectivity index (χ0n) is 16.7. The van der Waals surface area contributed by atoms with Gasteiger partial charge >= 0.3 is 11.9 Å². The molecule has 2 N–H and O–H groups in total. The van der Waals surface area contributed by atoms with E-state index in [1.165, 1.54) is 0 Å². The molecule has 0 saturated carbocycles. The van der Waals surface area contributed by atoms with Gasteiger partial charge in [-0.3, -0.25) is 14.5 Å². The summed E-state index contributed by atoms with van der Waals surface area (Å²) in [7, 11) is 0. The highest BCUT2D eigenvalue weighted by Gasteiger charge is 2.55. The van der Waals surface area contributed by atoms with E-state index in [0.29, 0.717) is 5.75 Å². The zero-order valence-corrected chi connectivity index (χ0v) is 17.5. The Morgan fingerprint density at radius 1 is 1.23 bits per heavy atom. The van der Waals surface area contributed by atoms with Crippen LogP contribution in [0.15, 0.2) is 41.6 Å². The minimum Gasteiger partial charge on any atom is -0.484 e. The number of hydrogen-bond acceptors (Lipinski definition) is 7. The van der Waals surface area contributed by atoms with E-state index in [2.05, 4.69) is 5.32 Å². The Balaban J connectivity index is 1.69. The van der Waals surface area contributed by atoms with Crippen LogP contribution in [-0.2, 0) is 23.9 Å². The number of carboxylic acids is 1. The van der Waals surface area contributed by atoms with E-state index in [9.17, 15) is 24.3 Å². The minimum atomic E-state index is -1.29. The molecule has 9 nitrogen and oxygen atoms in total. The van der Waals surface area contributed by atoms with Crippen LogP contribution in [0.25, 0.3) is 0 Å². The Bertz CT molecular complexity index is 907. The number of β-lactam (4-membered cyclic amide) rings is 1. The van der Waals surface area contributed by atoms with Crippen LogP contribution in [0.3, 0.4) is 0 Å². The van der Waals surface area contributed by atoms with Crippen molar-refractivity contribution in [3.63, 3.8) is 0 Å². The molecule has 2 heterocycles. The number of hydrogen-bond donors (Lipinski definition) is 2. The van der Waals surface area contributed by atoms with Crippen LogP contribution in [0, 0.1) is 0 Å². The third-order valence-electron chi connectivity index (χ3n) is 4.25. The largest absolute Gasteiger partial charge is 0.484 e. The number of nitrogens with one attached hydrogen (secondary N) is 1. The number of aliphatic carboxylic acids is 1. The first kappa shape index (κ1) is 21.7. The van der Waals surface area contributed by atoms with E-state index in [0.717, 1.165) is 16.7 Å². The number of benzene rings is 1. The van der Waals surface area contributed by atoms with Crippen molar-refractivity contribution in [2.45, 2.75) is 37.8 Å². The van der Waals surface area contributed by atoms with Gasteiger partial charge in [-0.2, -0.15) is 0 Å². The van der Waals surface area contributed by atoms with Crippen molar-refractivity contribution >= 4 is 35.5 Å². The van der Waals surface area contributed by atoms with Crippen LogP contribution >= 0.6 is 11.8 Å². The van der Waals surface area contributed by atoms with Crippen LogP contribution in [0.5, 0.6) is 5.75 Å². The second-order valence-corrected chi connectivity index (χ2v) is 8.80. The molecule has 0 bridgehead atoms. The summed E-state index contributed by atoms with van der Waals surface area (Å²) in [5, 5.41) is 11.5. The summed E-state index contributed by atoms with van der Waals surface area (Å²) in [6.07, 6.45) is 0. The summed E-state index contributed by atoms with van der Waals surface area (Å²) in [5.74, 6) is -2.72. The molecule has 1 aromatic carbocycles. The lowest BCUT2D eigenvalue weighted by Crippen LogP contribution is -2.71. The highest BCUT2D eigenvalue weighted by molar-refractivity contribution is 8.00. The fourth-order valence-electron chi connectivity index (χ4n) is 2.98. The van der Waals surface area contributed by atoms with Gasteiger partial charge in [0.2, 0.25) is 0 Å². The van der Waals surface area contributed by atoms with Gasteiger partial charge in [-0.15, -0.1) is 11.8 Å². The summed E-state index contributed by atoms with van der Waals surface area (Å²) in [4.78, 5) is 50.2. The Morgan fingerprint density at radius 2 is 1.90 bits per heavy atom. The maximum atomic E-state index is 12.7. The number of carbonyl (C=O) groups is 4. The number of fused-ring (bicyclic) bond motifs is 1. The molecule has 10 heteroatoms. The predicted molar refractivity (Wildman–Crippen MR) is 107 cm³/mol. The van der Waals surface area contributed by atoms with E-state index < -0.39 is 40.8 Å². The van der Waals surface area contributed by atoms with Gasteiger partial charge in [0.05, 0.1) is 5.57 Å². The maximum Gasteiger partial charge on any atom is 0.356 e. The fraction of sp³-hybridized carbons (Fsp3) is 0.400. The second-order valence-electron chi connectivity index (χ2n) is 7.69. The first-order valence-corrected chi connectivity index (χ1v) is 10.2. The summed E-state index contributed by atoms with van der Waals surface area (Å²) in [6.45, 7) is 4.66. The van der Waals surface area contributed by atoms with E-state index in [-0.39, 0.29) is 23.6 Å². The summed E-state index contributed by atoms with van der Waals surface area (Å²) in [6, 6.07) is 7.87. The highest BCUT2D eigenvalue weighted by atomic mass is 32.2. The Labute approximate surface area is 177 Å². The molecule has 3 rings (SSSR count). The van der Waals surface area contributed by atoms with E-state index in [1.807, 2.05) is 6.07 Å². The number of esters is 1. The van der Waals surface area contributed by atoms with Crippen molar-refractivity contribution < 1.29 is 33.8 Å². The van der Waals surface area contributed by atoms with Crippen LogP contribution < -0.4 is 10.1 Å². The maximum absolute atomic E-state index is 12.7. The van der Waals surface area contributed by atoms with Gasteiger partial charge in [0.25, 0.3) is 11.8 Å². The van der Waals surface area contributed by atoms with Crippen LogP contribution in [0.4, 0.5) is 0 Å². The van der Waals surface area contributed by atoms with Gasteiger partial charge in [0.1, 0.15) is 28.5 Å². The molecular formula is C20H22N2O7S. The van der Waals surface area contributed by atoms with Gasteiger partial charge in [0.15, 0.2) is 6.61 Å². The monoisotopic (exact) mass is 434 g/mol. The van der Waals surface area contributed by atoms with Crippen molar-refractivity contribution in [1.29, 1.82) is 0 Å². The number of nitrogens with zero attached hydrogens (tertiary/aromatic N) is 1. The Morgan fingerprint density at radius 3 is 2.50 bits per heavy atom. The average Bonchev–Trinajstić information content (AvgIpc) is 2.68. The molecule has 30 heavy (non-hydrogen) atoms. The third kappa shape index (κ3) is 4.59. The molecule has 1 saturated heterocycles. The summed E-state index contributed by atoms with van der Waals surface area (Å²) >= 11 is 1.16. The smallest absolute Gasteiger partial charge is 0.356 e. The van der Waals surface area contributed by atoms with Crippen LogP contribution in [0.1, 0.15) is 20.8 Å². The van der Waals surface area contributed by atoms with Crippen molar-refractivity contribution in [2.75, 3.05) is 12.4 Å². The number of ether oxygens (including phenoxy) is 2. The molecule has 2 amide bonds. The third-order valence-corrected chi connectivity index (χ3v) is 5.53. The zero-order chi connectivity index (χ0) is 22.1. The SMILES string of the molecule is CC(C)(C)OC(=O)C1=C(C(=O)O)CS[C@@H]2C(NC(=O)COc3ccccc3)C(=O)N12. The van der Waals surface area contributed by atoms with Crippen molar-refractivity contribution in [3.05, 3.63) is 41.6 Å². The second kappa shape index (κ2) is 8.39. The van der Waals surface area contributed by atoms with Crippen LogP contribution in [-0.4, -0.2) is 63.1 Å². The Kier molecular flexibility index (Phi) is 6.06. The van der Waals surface area contributed by atoms with Gasteiger partial charge in [-0.05, 0) is 32.9 Å². The Hall–Kier alpha value is -3.01. The quantitative estimate of drug-likeness (QED) is 0.505. The van der Waals surface area contributed by atoms with Crippen molar-refractivity contribution in [2.24, 2.45) is 0 Å². The lowest BCUT2D eigenvalue weighted by atomic mass is 10.0. The molecule has 2 aliphatic heterocycles. The molecule has 2 atom stereocenters. The molecule has 1 aromatic rings. The normalized spacial score (nSPS) is 20.8. The van der Waals surface area contributed by atoms with Gasteiger partial charge in [-0.25, -0.2) is 9.59 Å². The highest BCUT2D eigenvalue weighted by Crippen LogP contribution is 2.41. The fourth-order valence-corrected chi connectivity index (χ4v) is 4.31. The molecule has 1 unspecified atom stereocenters. The first-order valence-electron chi connectivity index (χ1n) is 9.20. The van der Waals surface area contributed by atoms with Crippen molar-refractivity contribution in [3.8, 4) is 5.75 Å². The lowest BCUT2D eigenvalue weighted by molar-refractivity contribution is -0.159. The number of para-hydroxylation sites is 1. The average molecular weight is 434 g/mol. The molecule has 0 aliphatic carbocycles. The lowest BCUT2D eigenvalue weighted by Gasteiger charge is -2.49. The van der Waals surface area contributed by atoms with Crippen molar-refractivity contribution in [1.82, 2.24) is 10.2 Å². The number of carboxylic acid groups (broad SMARTS) is 1. The minimum absolute atomic E-state index is 0.00520. The molecule has 2 aliphatic rings. The number of rotatable bonds is 6. The molecular weight excluding hydrogens is 412 g/mol. The van der Waals surface area contributed by atoms with Crippen LogP contribution in [0.2, 0.25) is 0 Å². The van der Waals surface area contributed by atoms with E-state index in [1.54, 1.807) is 45.0 Å². The summed E-state index contributed by atoms with van der Waals surface area (Å²) in [5.41, 5.74) is -1.34. The standard InChI is InChI=1S/C20H22N2O7S/c1-20(2,3)29-19(27)15-12(18(25)26)10-30-17-14(16(24)22(15)17)21-13(23)9-28-11-7-5-4-6-8-11/h4-8,14,17H,9-10H2,1-3H3,(H,21,23)(H,25,26)/t14?,17-/m1/s1. The predicted octanol–water partition coefficient (Wildman–Crippen LogP) is 1.15. The number of carbonyl (C=O) groups excluding carboxylic acids is 3. The molecule has 1 fully saturated rings. The van der Waals surface area contributed by atoms with Gasteiger partial charge in [0, 0.05) is 5.75 Å². The number of thioether (sulfide) groups is 1. The van der Waals surface area contributed by atoms with E-state index in [4.69, 9.17) is 9.47 Å². The molecule has 0 aromatic heterocycles. The van der Waals surface area contributed by atoms with Gasteiger partial charge in [-0.1, -0.05) is 18.2 Å². The molecule has 0 spiro atoms. The topological polar surface area (TPSA) is 122 Å². The van der Waals surface area contributed by atoms with Gasteiger partial charge < -0.3 is 19.9 Å². The molecule has 0 radical (unpaired) electrons. The number of amides is 2. The summed E-state index contributed by atoms with van der Waals surface area (Å²) < 4.78 is 10.7.